The summed E-state index contributed by atoms with van der Waals surface area (Å²) in [5, 5.41) is 3.21. The first-order chi connectivity index (χ1) is 5.63. The van der Waals surface area contributed by atoms with Crippen LogP contribution in [-0.2, 0) is 0 Å². The Morgan fingerprint density at radius 3 is 2.42 bits per heavy atom. The molecule has 0 aliphatic carbocycles. The molecular formula is C10H22N2. The number of nitrogens with one attached hydrogen (secondary N) is 1. The molecule has 72 valence electrons. The SMILES string of the molecule is C=CCN(C)C(CNC)C(C)C. The van der Waals surface area contributed by atoms with Crippen molar-refractivity contribution >= 4 is 0 Å². The predicted octanol–water partition coefficient (Wildman–Crippen LogP) is 1.35. The maximum atomic E-state index is 3.74. The Morgan fingerprint density at radius 2 is 2.08 bits per heavy atom. The van der Waals surface area contributed by atoms with Gasteiger partial charge >= 0.3 is 0 Å². The van der Waals surface area contributed by atoms with Crippen molar-refractivity contribution in [2.75, 3.05) is 27.2 Å². The van der Waals surface area contributed by atoms with E-state index in [1.165, 1.54) is 0 Å². The molecule has 0 amide bonds. The first-order valence-corrected chi connectivity index (χ1v) is 4.59. The maximum absolute atomic E-state index is 3.74. The molecule has 0 heterocycles. The lowest BCUT2D eigenvalue weighted by atomic mass is 10.0. The van der Waals surface area contributed by atoms with E-state index in [2.05, 4.69) is 37.7 Å². The van der Waals surface area contributed by atoms with E-state index in [4.69, 9.17) is 0 Å². The number of rotatable bonds is 6. The molecule has 2 heteroatoms. The Bertz CT molecular complexity index is 121. The van der Waals surface area contributed by atoms with Crippen LogP contribution in [0.25, 0.3) is 0 Å². The van der Waals surface area contributed by atoms with Crippen molar-refractivity contribution < 1.29 is 0 Å². The van der Waals surface area contributed by atoms with E-state index in [0.29, 0.717) is 12.0 Å². The van der Waals surface area contributed by atoms with Crippen LogP contribution in [0.4, 0.5) is 0 Å². The van der Waals surface area contributed by atoms with Crippen molar-refractivity contribution in [2.24, 2.45) is 5.92 Å². The average molecular weight is 170 g/mol. The second kappa shape index (κ2) is 6.21. The van der Waals surface area contributed by atoms with E-state index < -0.39 is 0 Å². The minimum atomic E-state index is 0.605. The Hall–Kier alpha value is -0.340. The third kappa shape index (κ3) is 3.88. The first-order valence-electron chi connectivity index (χ1n) is 4.59. The molecule has 12 heavy (non-hydrogen) atoms. The highest BCUT2D eigenvalue weighted by molar-refractivity contribution is 4.79. The van der Waals surface area contributed by atoms with Gasteiger partial charge in [0.05, 0.1) is 0 Å². The third-order valence-electron chi connectivity index (χ3n) is 2.17. The van der Waals surface area contributed by atoms with Gasteiger partial charge in [-0.3, -0.25) is 4.90 Å². The molecule has 0 aliphatic rings. The topological polar surface area (TPSA) is 15.3 Å². The van der Waals surface area contributed by atoms with E-state index in [1.54, 1.807) is 0 Å². The Balaban J connectivity index is 3.98. The van der Waals surface area contributed by atoms with Gasteiger partial charge in [-0.15, -0.1) is 6.58 Å². The van der Waals surface area contributed by atoms with Crippen LogP contribution in [0.15, 0.2) is 12.7 Å². The molecule has 0 rings (SSSR count). The van der Waals surface area contributed by atoms with Crippen molar-refractivity contribution in [3.05, 3.63) is 12.7 Å². The monoisotopic (exact) mass is 170 g/mol. The molecule has 1 unspecified atom stereocenters. The first kappa shape index (κ1) is 11.7. The van der Waals surface area contributed by atoms with Gasteiger partial charge in [-0.25, -0.2) is 0 Å². The predicted molar refractivity (Wildman–Crippen MR) is 55.4 cm³/mol. The minimum Gasteiger partial charge on any atom is -0.318 e. The molecule has 0 spiro atoms. The van der Waals surface area contributed by atoms with Crippen LogP contribution in [0.3, 0.4) is 0 Å². The van der Waals surface area contributed by atoms with Crippen molar-refractivity contribution in [2.45, 2.75) is 19.9 Å². The summed E-state index contributed by atoms with van der Waals surface area (Å²) < 4.78 is 0. The molecule has 0 bridgehead atoms. The van der Waals surface area contributed by atoms with Gasteiger partial charge in [0.15, 0.2) is 0 Å². The zero-order valence-corrected chi connectivity index (χ0v) is 8.80. The Morgan fingerprint density at radius 1 is 1.50 bits per heavy atom. The highest BCUT2D eigenvalue weighted by Crippen LogP contribution is 2.07. The molecule has 2 nitrogen and oxygen atoms in total. The fourth-order valence-electron chi connectivity index (χ4n) is 1.45. The summed E-state index contributed by atoms with van der Waals surface area (Å²) in [6, 6.07) is 0.605. The standard InChI is InChI=1S/C10H22N2/c1-6-7-12(5)10(8-11-4)9(2)3/h6,9-11H,1,7-8H2,2-5H3. The van der Waals surface area contributed by atoms with E-state index in [-0.39, 0.29) is 0 Å². The minimum absolute atomic E-state index is 0.605. The summed E-state index contributed by atoms with van der Waals surface area (Å²) in [7, 11) is 4.14. The lowest BCUT2D eigenvalue weighted by Gasteiger charge is -2.30. The molecule has 0 saturated heterocycles. The van der Waals surface area contributed by atoms with Crippen LogP contribution in [0.1, 0.15) is 13.8 Å². The van der Waals surface area contributed by atoms with E-state index >= 15 is 0 Å². The van der Waals surface area contributed by atoms with Gasteiger partial charge in [0.25, 0.3) is 0 Å². The van der Waals surface area contributed by atoms with Crippen LogP contribution in [0.2, 0.25) is 0 Å². The number of hydrogen-bond acceptors (Lipinski definition) is 2. The second-order valence-corrected chi connectivity index (χ2v) is 3.60. The smallest absolute Gasteiger partial charge is 0.0243 e. The van der Waals surface area contributed by atoms with Crippen LogP contribution in [0.5, 0.6) is 0 Å². The molecule has 0 aromatic heterocycles. The van der Waals surface area contributed by atoms with Gasteiger partial charge in [0.1, 0.15) is 0 Å². The van der Waals surface area contributed by atoms with Gasteiger partial charge in [-0.2, -0.15) is 0 Å². The zero-order chi connectivity index (χ0) is 9.56. The normalized spacial score (nSPS) is 13.8. The largest absolute Gasteiger partial charge is 0.318 e. The summed E-state index contributed by atoms with van der Waals surface area (Å²) in [6.07, 6.45) is 1.95. The quantitative estimate of drug-likeness (QED) is 0.605. The summed E-state index contributed by atoms with van der Waals surface area (Å²) in [4.78, 5) is 2.33. The Kier molecular flexibility index (Phi) is 6.03. The van der Waals surface area contributed by atoms with Gasteiger partial charge in [0, 0.05) is 19.1 Å². The summed E-state index contributed by atoms with van der Waals surface area (Å²) in [5.74, 6) is 0.683. The van der Waals surface area contributed by atoms with Crippen molar-refractivity contribution in [3.63, 3.8) is 0 Å². The molecule has 1 atom stereocenters. The van der Waals surface area contributed by atoms with Crippen molar-refractivity contribution in [1.29, 1.82) is 0 Å². The van der Waals surface area contributed by atoms with Gasteiger partial charge < -0.3 is 5.32 Å². The lowest BCUT2D eigenvalue weighted by molar-refractivity contribution is 0.208. The van der Waals surface area contributed by atoms with Crippen molar-refractivity contribution in [1.82, 2.24) is 10.2 Å². The molecule has 0 aliphatic heterocycles. The van der Waals surface area contributed by atoms with Gasteiger partial charge in [0.2, 0.25) is 0 Å². The Labute approximate surface area is 76.6 Å². The summed E-state index contributed by atoms with van der Waals surface area (Å²) in [5.41, 5.74) is 0. The average Bonchev–Trinajstić information content (AvgIpc) is 1.99. The van der Waals surface area contributed by atoms with Crippen LogP contribution >= 0.6 is 0 Å². The van der Waals surface area contributed by atoms with E-state index in [0.717, 1.165) is 13.1 Å². The van der Waals surface area contributed by atoms with Crippen LogP contribution in [0, 0.1) is 5.92 Å². The fraction of sp³-hybridized carbons (Fsp3) is 0.800. The second-order valence-electron chi connectivity index (χ2n) is 3.60. The van der Waals surface area contributed by atoms with E-state index in [9.17, 15) is 0 Å². The highest BCUT2D eigenvalue weighted by atomic mass is 15.1. The fourth-order valence-corrected chi connectivity index (χ4v) is 1.45. The summed E-state index contributed by atoms with van der Waals surface area (Å²) >= 11 is 0. The van der Waals surface area contributed by atoms with Crippen LogP contribution < -0.4 is 5.32 Å². The molecule has 0 aromatic carbocycles. The number of likely N-dealkylation sites (N-methyl/N-ethyl adjacent to an activating group) is 2. The molecule has 0 aromatic rings. The number of hydrogen-bond donors (Lipinski definition) is 1. The molecule has 0 radical (unpaired) electrons. The molecule has 1 N–H and O–H groups in total. The third-order valence-corrected chi connectivity index (χ3v) is 2.17. The molecule has 0 fully saturated rings. The number of nitrogens with zero attached hydrogens (tertiary/aromatic N) is 1. The van der Waals surface area contributed by atoms with Crippen molar-refractivity contribution in [3.8, 4) is 0 Å². The molecule has 0 saturated carbocycles. The van der Waals surface area contributed by atoms with E-state index in [1.807, 2.05) is 13.1 Å². The summed E-state index contributed by atoms with van der Waals surface area (Å²) in [6.45, 7) is 10.3. The highest BCUT2D eigenvalue weighted by Gasteiger charge is 2.15. The zero-order valence-electron chi connectivity index (χ0n) is 8.80. The maximum Gasteiger partial charge on any atom is 0.0243 e. The van der Waals surface area contributed by atoms with Crippen LogP contribution in [-0.4, -0.2) is 38.1 Å². The molecular weight excluding hydrogens is 148 g/mol. The van der Waals surface area contributed by atoms with Gasteiger partial charge in [-0.05, 0) is 20.0 Å². The lowest BCUT2D eigenvalue weighted by Crippen LogP contribution is -2.42. The van der Waals surface area contributed by atoms with Gasteiger partial charge in [-0.1, -0.05) is 19.9 Å².